The van der Waals surface area contributed by atoms with Gasteiger partial charge in [0.25, 0.3) is 0 Å². The molecule has 1 saturated carbocycles. The number of benzene rings is 1. The first-order valence-electron chi connectivity index (χ1n) is 5.80. The van der Waals surface area contributed by atoms with Crippen LogP contribution in [0.2, 0.25) is 0 Å². The van der Waals surface area contributed by atoms with Gasteiger partial charge in [-0.25, -0.2) is 0 Å². The Labute approximate surface area is 107 Å². The first kappa shape index (κ1) is 12.5. The molecular weight excluding hydrogens is 232 g/mol. The van der Waals surface area contributed by atoms with E-state index in [-0.39, 0.29) is 17.3 Å². The molecule has 0 aromatic heterocycles. The molecule has 1 aromatic carbocycles. The van der Waals surface area contributed by atoms with E-state index in [0.717, 1.165) is 5.75 Å². The number of carbonyl (C=O) groups excluding carboxylic acids is 1. The van der Waals surface area contributed by atoms with Crippen molar-refractivity contribution in [2.45, 2.75) is 24.9 Å². The van der Waals surface area contributed by atoms with Crippen LogP contribution in [0.25, 0.3) is 0 Å². The van der Waals surface area contributed by atoms with Crippen LogP contribution in [0.4, 0.5) is 0 Å². The Hall–Kier alpha value is -0.960. The molecule has 92 valence electrons. The van der Waals surface area contributed by atoms with Gasteiger partial charge in [0.1, 0.15) is 0 Å². The van der Waals surface area contributed by atoms with Crippen LogP contribution in [0.15, 0.2) is 30.3 Å². The summed E-state index contributed by atoms with van der Waals surface area (Å²) in [6, 6.07) is 10.4. The quantitative estimate of drug-likeness (QED) is 0.768. The summed E-state index contributed by atoms with van der Waals surface area (Å²) in [5.74, 6) is 0.948. The molecule has 3 heteroatoms. The van der Waals surface area contributed by atoms with Crippen LogP contribution in [0.5, 0.6) is 0 Å². The van der Waals surface area contributed by atoms with Gasteiger partial charge < -0.3 is 4.74 Å². The van der Waals surface area contributed by atoms with Crippen molar-refractivity contribution >= 4 is 17.7 Å². The van der Waals surface area contributed by atoms with Crippen molar-refractivity contribution in [2.24, 2.45) is 11.3 Å². The minimum absolute atomic E-state index is 0.0567. The predicted octanol–water partition coefficient (Wildman–Crippen LogP) is 3.12. The van der Waals surface area contributed by atoms with Crippen LogP contribution in [0.1, 0.15) is 19.4 Å². The molecule has 0 saturated heterocycles. The molecule has 0 radical (unpaired) electrons. The zero-order valence-electron chi connectivity index (χ0n) is 10.5. The Morgan fingerprint density at radius 2 is 2.00 bits per heavy atom. The Kier molecular flexibility index (Phi) is 3.48. The van der Waals surface area contributed by atoms with Gasteiger partial charge in [-0.1, -0.05) is 44.2 Å². The van der Waals surface area contributed by atoms with E-state index in [1.54, 1.807) is 0 Å². The first-order valence-corrected chi connectivity index (χ1v) is 6.85. The highest BCUT2D eigenvalue weighted by Crippen LogP contribution is 2.60. The van der Waals surface area contributed by atoms with Crippen molar-refractivity contribution in [3.05, 3.63) is 35.9 Å². The third kappa shape index (κ3) is 2.49. The highest BCUT2D eigenvalue weighted by molar-refractivity contribution is 7.99. The van der Waals surface area contributed by atoms with Crippen molar-refractivity contribution in [3.63, 3.8) is 0 Å². The van der Waals surface area contributed by atoms with Gasteiger partial charge in [0.2, 0.25) is 0 Å². The lowest BCUT2D eigenvalue weighted by Gasteiger charge is -2.02. The summed E-state index contributed by atoms with van der Waals surface area (Å²) < 4.78 is 4.84. The van der Waals surface area contributed by atoms with Gasteiger partial charge in [0.15, 0.2) is 0 Å². The number of hydrogen-bond donors (Lipinski definition) is 0. The van der Waals surface area contributed by atoms with E-state index in [1.807, 2.05) is 30.0 Å². The topological polar surface area (TPSA) is 26.3 Å². The SMILES string of the molecule is COC(=O)[C@H]1[C@@H](SCc2ccccc2)C1(C)C. The minimum atomic E-state index is -0.0689. The van der Waals surface area contributed by atoms with E-state index in [4.69, 9.17) is 4.74 Å². The molecule has 1 aliphatic carbocycles. The zero-order chi connectivity index (χ0) is 12.5. The van der Waals surface area contributed by atoms with E-state index < -0.39 is 0 Å². The normalized spacial score (nSPS) is 25.4. The molecule has 0 bridgehead atoms. The van der Waals surface area contributed by atoms with E-state index in [9.17, 15) is 4.79 Å². The highest BCUT2D eigenvalue weighted by atomic mass is 32.2. The maximum absolute atomic E-state index is 11.6. The number of carbonyl (C=O) groups is 1. The van der Waals surface area contributed by atoms with Gasteiger partial charge in [0, 0.05) is 11.0 Å². The number of esters is 1. The molecule has 2 rings (SSSR count). The van der Waals surface area contributed by atoms with Gasteiger partial charge in [-0.15, -0.1) is 0 Å². The van der Waals surface area contributed by atoms with Crippen LogP contribution in [-0.2, 0) is 15.3 Å². The molecule has 0 aliphatic heterocycles. The molecule has 17 heavy (non-hydrogen) atoms. The van der Waals surface area contributed by atoms with Crippen molar-refractivity contribution in [1.82, 2.24) is 0 Å². The van der Waals surface area contributed by atoms with Crippen LogP contribution in [0.3, 0.4) is 0 Å². The molecule has 1 aromatic rings. The lowest BCUT2D eigenvalue weighted by Crippen LogP contribution is -2.07. The second kappa shape index (κ2) is 4.73. The van der Waals surface area contributed by atoms with E-state index in [2.05, 4.69) is 26.0 Å². The van der Waals surface area contributed by atoms with Crippen LogP contribution < -0.4 is 0 Å². The van der Waals surface area contributed by atoms with Crippen LogP contribution in [-0.4, -0.2) is 18.3 Å². The maximum Gasteiger partial charge on any atom is 0.310 e. The lowest BCUT2D eigenvalue weighted by atomic mass is 10.1. The summed E-state index contributed by atoms with van der Waals surface area (Å²) in [5.41, 5.74) is 1.39. The number of rotatable bonds is 4. The number of hydrogen-bond acceptors (Lipinski definition) is 3. The van der Waals surface area contributed by atoms with Crippen molar-refractivity contribution in [3.8, 4) is 0 Å². The highest BCUT2D eigenvalue weighted by Gasteiger charge is 2.62. The van der Waals surface area contributed by atoms with Crippen molar-refractivity contribution in [1.29, 1.82) is 0 Å². The zero-order valence-corrected chi connectivity index (χ0v) is 11.3. The Morgan fingerprint density at radius 3 is 2.59 bits per heavy atom. The van der Waals surface area contributed by atoms with E-state index >= 15 is 0 Å². The van der Waals surface area contributed by atoms with E-state index in [1.165, 1.54) is 12.7 Å². The summed E-state index contributed by atoms with van der Waals surface area (Å²) in [6.07, 6.45) is 0. The fourth-order valence-corrected chi connectivity index (χ4v) is 3.93. The minimum Gasteiger partial charge on any atom is -0.469 e. The molecular formula is C14H18O2S. The summed E-state index contributed by atoms with van der Waals surface area (Å²) >= 11 is 1.85. The third-order valence-corrected chi connectivity index (χ3v) is 5.19. The molecule has 1 aliphatic rings. The van der Waals surface area contributed by atoms with Gasteiger partial charge in [-0.3, -0.25) is 4.79 Å². The average Bonchev–Trinajstić information content (AvgIpc) is 2.89. The maximum atomic E-state index is 11.6. The summed E-state index contributed by atoms with van der Waals surface area (Å²) in [6.45, 7) is 4.27. The standard InChI is InChI=1S/C14H18O2S/c1-14(2)11(13(15)16-3)12(14)17-9-10-7-5-4-6-8-10/h4-8,11-12H,9H2,1-3H3/t11-,12-/m1/s1. The van der Waals surface area contributed by atoms with Gasteiger partial charge in [-0.05, 0) is 11.0 Å². The van der Waals surface area contributed by atoms with Crippen molar-refractivity contribution in [2.75, 3.05) is 7.11 Å². The Balaban J connectivity index is 1.91. The Bertz CT molecular complexity index is 400. The summed E-state index contributed by atoms with van der Waals surface area (Å²) in [5, 5.41) is 0.384. The molecule has 0 heterocycles. The molecule has 1 fully saturated rings. The fraction of sp³-hybridized carbons (Fsp3) is 0.500. The van der Waals surface area contributed by atoms with Gasteiger partial charge in [-0.2, -0.15) is 11.8 Å². The molecule has 2 nitrogen and oxygen atoms in total. The summed E-state index contributed by atoms with van der Waals surface area (Å²) in [4.78, 5) is 11.6. The number of methoxy groups -OCH3 is 1. The van der Waals surface area contributed by atoms with Crippen LogP contribution >= 0.6 is 11.8 Å². The second-order valence-electron chi connectivity index (χ2n) is 5.04. The monoisotopic (exact) mass is 250 g/mol. The molecule has 0 N–H and O–H groups in total. The number of ether oxygens (including phenoxy) is 1. The Morgan fingerprint density at radius 1 is 1.35 bits per heavy atom. The van der Waals surface area contributed by atoms with Gasteiger partial charge >= 0.3 is 5.97 Å². The lowest BCUT2D eigenvalue weighted by molar-refractivity contribution is -0.142. The van der Waals surface area contributed by atoms with Crippen LogP contribution in [0, 0.1) is 11.3 Å². The molecule has 2 atom stereocenters. The van der Waals surface area contributed by atoms with Gasteiger partial charge in [0.05, 0.1) is 13.0 Å². The average molecular weight is 250 g/mol. The second-order valence-corrected chi connectivity index (χ2v) is 6.17. The fourth-order valence-electron chi connectivity index (χ4n) is 2.22. The van der Waals surface area contributed by atoms with Crippen molar-refractivity contribution < 1.29 is 9.53 Å². The first-order chi connectivity index (χ1) is 8.07. The third-order valence-electron chi connectivity index (χ3n) is 3.46. The molecule has 0 unspecified atom stereocenters. The molecule has 0 spiro atoms. The molecule has 0 amide bonds. The predicted molar refractivity (Wildman–Crippen MR) is 70.8 cm³/mol. The smallest absolute Gasteiger partial charge is 0.310 e. The largest absolute Gasteiger partial charge is 0.469 e. The van der Waals surface area contributed by atoms with E-state index in [0.29, 0.717) is 5.25 Å². The summed E-state index contributed by atoms with van der Waals surface area (Å²) in [7, 11) is 1.47. The number of thioether (sulfide) groups is 1.